The maximum atomic E-state index is 15.2. The zero-order valence-electron chi connectivity index (χ0n) is 31.7. The van der Waals surface area contributed by atoms with Crippen LogP contribution in [-0.4, -0.2) is 101 Å². The summed E-state index contributed by atoms with van der Waals surface area (Å²) in [4.78, 5) is 60.5. The van der Waals surface area contributed by atoms with Crippen LogP contribution >= 0.6 is 15.9 Å². The van der Waals surface area contributed by atoms with E-state index in [4.69, 9.17) is 9.47 Å². The fraction of sp³-hybridized carbons (Fsp3) is 0.395. The highest BCUT2D eigenvalue weighted by Crippen LogP contribution is 2.61. The van der Waals surface area contributed by atoms with E-state index in [0.717, 1.165) is 5.56 Å². The molecule has 0 radical (unpaired) electrons. The van der Waals surface area contributed by atoms with Crippen molar-refractivity contribution in [2.24, 2.45) is 11.8 Å². The molecule has 3 aliphatic rings. The Kier molecular flexibility index (Phi) is 12.0. The summed E-state index contributed by atoms with van der Waals surface area (Å²) in [5.74, 6) is -4.02. The average molecular weight is 840 g/mol. The number of amides is 3. The number of aromatic nitrogens is 3. The number of fused-ring (bicyclic) bond motifs is 2. The Morgan fingerprint density at radius 2 is 1.77 bits per heavy atom. The standard InChI is InChI=1S/C43H47BrN6O7/c1-4-6-21-34(52)45-27(3)37(29-17-11-8-12-18-29)56-42(55)35-36-40(53)50(30(25-51)23-28-15-9-7-10-16-28)39(43(36)24-31(44)38(35)57-43)41(54)48(22-5-2)26-49-33-20-14-13-19-32(33)46-47-49/h4-5,7-20,27,30-31,35-39,51H,1-2,6,21-26H2,3H3,(H,45,52)/t27-,30-,31?,35+,36-,37-,38+,39+,43-/m1/s1. The lowest BCUT2D eigenvalue weighted by atomic mass is 9.70. The molecule has 2 bridgehead atoms. The lowest BCUT2D eigenvalue weighted by molar-refractivity contribution is -0.162. The number of esters is 1. The normalized spacial score (nSPS) is 25.1. The van der Waals surface area contributed by atoms with Gasteiger partial charge in [-0.05, 0) is 49.4 Å². The Labute approximate surface area is 339 Å². The van der Waals surface area contributed by atoms with Gasteiger partial charge in [-0.15, -0.1) is 18.3 Å². The number of aliphatic hydroxyl groups excluding tert-OH is 1. The molecule has 3 saturated heterocycles. The highest BCUT2D eigenvalue weighted by Gasteiger charge is 2.77. The van der Waals surface area contributed by atoms with E-state index in [1.807, 2.05) is 84.9 Å². The van der Waals surface area contributed by atoms with Crippen molar-refractivity contribution in [3.63, 3.8) is 0 Å². The molecule has 7 rings (SSSR count). The molecule has 3 amide bonds. The second-order valence-electron chi connectivity index (χ2n) is 15.0. The van der Waals surface area contributed by atoms with E-state index in [1.54, 1.807) is 28.7 Å². The summed E-state index contributed by atoms with van der Waals surface area (Å²) in [6.45, 7) is 9.03. The van der Waals surface area contributed by atoms with Gasteiger partial charge in [0.05, 0.1) is 42.1 Å². The molecule has 0 aliphatic carbocycles. The molecule has 1 spiro atoms. The van der Waals surface area contributed by atoms with Crippen LogP contribution in [0.3, 0.4) is 0 Å². The molecular weight excluding hydrogens is 792 g/mol. The van der Waals surface area contributed by atoms with Gasteiger partial charge < -0.3 is 29.7 Å². The number of nitrogens with zero attached hydrogens (tertiary/aromatic N) is 5. The molecule has 57 heavy (non-hydrogen) atoms. The van der Waals surface area contributed by atoms with Gasteiger partial charge in [-0.3, -0.25) is 19.2 Å². The molecule has 14 heteroatoms. The van der Waals surface area contributed by atoms with E-state index in [1.165, 1.54) is 4.90 Å². The van der Waals surface area contributed by atoms with Crippen LogP contribution in [0, 0.1) is 11.8 Å². The highest BCUT2D eigenvalue weighted by molar-refractivity contribution is 9.09. The molecule has 13 nitrogen and oxygen atoms in total. The first kappa shape index (κ1) is 40.0. The number of allylic oxidation sites excluding steroid dienone is 1. The van der Waals surface area contributed by atoms with Crippen molar-refractivity contribution < 1.29 is 33.8 Å². The van der Waals surface area contributed by atoms with Crippen LogP contribution < -0.4 is 5.32 Å². The van der Waals surface area contributed by atoms with Crippen molar-refractivity contribution in [3.8, 4) is 0 Å². The van der Waals surface area contributed by atoms with Gasteiger partial charge in [0.2, 0.25) is 17.7 Å². The van der Waals surface area contributed by atoms with E-state index in [-0.39, 0.29) is 38.4 Å². The molecule has 1 unspecified atom stereocenters. The summed E-state index contributed by atoms with van der Waals surface area (Å²) < 4.78 is 14.8. The first-order chi connectivity index (χ1) is 27.6. The van der Waals surface area contributed by atoms with Crippen molar-refractivity contribution in [2.45, 2.75) is 80.0 Å². The van der Waals surface area contributed by atoms with Crippen LogP contribution in [-0.2, 0) is 41.7 Å². The summed E-state index contributed by atoms with van der Waals surface area (Å²) in [5, 5.41) is 22.5. The van der Waals surface area contributed by atoms with Gasteiger partial charge in [-0.2, -0.15) is 0 Å². The minimum Gasteiger partial charge on any atom is -0.455 e. The maximum absolute atomic E-state index is 15.2. The van der Waals surface area contributed by atoms with Gasteiger partial charge in [0.25, 0.3) is 0 Å². The van der Waals surface area contributed by atoms with E-state index in [2.05, 4.69) is 44.7 Å². The van der Waals surface area contributed by atoms with Crippen LogP contribution in [0.5, 0.6) is 0 Å². The number of aliphatic hydroxyl groups is 1. The van der Waals surface area contributed by atoms with E-state index in [9.17, 15) is 14.7 Å². The number of carbonyl (C=O) groups is 4. The number of rotatable bonds is 17. The largest absolute Gasteiger partial charge is 0.455 e. The number of likely N-dealkylation sites (tertiary alicyclic amines) is 1. The number of carbonyl (C=O) groups excluding carboxylic acids is 4. The van der Waals surface area contributed by atoms with Crippen molar-refractivity contribution in [3.05, 3.63) is 121 Å². The molecule has 298 valence electrons. The topological polar surface area (TPSA) is 156 Å². The van der Waals surface area contributed by atoms with E-state index < -0.39 is 77.0 Å². The Hall–Kier alpha value is -5.18. The molecule has 4 heterocycles. The SMILES string of the molecule is C=CCCC(=O)N[C@H](C)[C@@H](OC(=O)[C@@H]1[C@H]2O[C@@]3(CC2Br)[C@H](C(=O)N(CC=C)Cn2nnc4ccccc42)N([C@@H](CO)Cc2ccccc2)C(=O)[C@@H]13)c1ccccc1. The Bertz CT molecular complexity index is 2120. The highest BCUT2D eigenvalue weighted by atomic mass is 79.9. The molecule has 1 aromatic heterocycles. The van der Waals surface area contributed by atoms with Crippen LogP contribution in [0.15, 0.2) is 110 Å². The summed E-state index contributed by atoms with van der Waals surface area (Å²) in [6.07, 6.45) is 2.78. The maximum Gasteiger partial charge on any atom is 0.313 e. The second-order valence-corrected chi connectivity index (χ2v) is 16.1. The summed E-state index contributed by atoms with van der Waals surface area (Å²) in [7, 11) is 0. The number of hydrogen-bond acceptors (Lipinski definition) is 9. The van der Waals surface area contributed by atoms with E-state index in [0.29, 0.717) is 23.0 Å². The van der Waals surface area contributed by atoms with Crippen molar-refractivity contribution in [2.75, 3.05) is 13.2 Å². The second kappa shape index (κ2) is 17.1. The summed E-state index contributed by atoms with van der Waals surface area (Å²) >= 11 is 3.76. The number of nitrogens with one attached hydrogen (secondary N) is 1. The van der Waals surface area contributed by atoms with Gasteiger partial charge in [-0.1, -0.05) is 106 Å². The molecule has 2 N–H and O–H groups in total. The predicted octanol–water partition coefficient (Wildman–Crippen LogP) is 4.51. The van der Waals surface area contributed by atoms with Gasteiger partial charge >= 0.3 is 5.97 Å². The van der Waals surface area contributed by atoms with Crippen LogP contribution in [0.4, 0.5) is 0 Å². The monoisotopic (exact) mass is 838 g/mol. The van der Waals surface area contributed by atoms with Gasteiger partial charge in [0.15, 0.2) is 0 Å². The predicted molar refractivity (Wildman–Crippen MR) is 215 cm³/mol. The van der Waals surface area contributed by atoms with Crippen LogP contribution in [0.25, 0.3) is 11.0 Å². The molecule has 3 fully saturated rings. The number of para-hydroxylation sites is 1. The van der Waals surface area contributed by atoms with Crippen LogP contribution in [0.1, 0.15) is 43.4 Å². The van der Waals surface area contributed by atoms with Gasteiger partial charge in [0.1, 0.15) is 29.9 Å². The minimum atomic E-state index is -1.45. The smallest absolute Gasteiger partial charge is 0.313 e. The van der Waals surface area contributed by atoms with Gasteiger partial charge in [0, 0.05) is 17.8 Å². The first-order valence-electron chi connectivity index (χ1n) is 19.2. The summed E-state index contributed by atoms with van der Waals surface area (Å²) in [5.41, 5.74) is 1.44. The van der Waals surface area contributed by atoms with E-state index >= 15 is 9.59 Å². The fourth-order valence-electron chi connectivity index (χ4n) is 8.82. The fourth-order valence-corrected chi connectivity index (χ4v) is 9.76. The zero-order valence-corrected chi connectivity index (χ0v) is 33.3. The van der Waals surface area contributed by atoms with Gasteiger partial charge in [-0.25, -0.2) is 4.68 Å². The quantitative estimate of drug-likeness (QED) is 0.0888. The average Bonchev–Trinajstić information content (AvgIpc) is 3.95. The number of alkyl halides is 1. The molecule has 0 saturated carbocycles. The molecule has 9 atom stereocenters. The van der Waals surface area contributed by atoms with Crippen LogP contribution in [0.2, 0.25) is 0 Å². The Balaban J connectivity index is 1.26. The number of ether oxygens (including phenoxy) is 2. The molecular formula is C43H47BrN6O7. The van der Waals surface area contributed by atoms with Crippen molar-refractivity contribution in [1.29, 1.82) is 0 Å². The first-order valence-corrected chi connectivity index (χ1v) is 20.2. The number of benzene rings is 3. The summed E-state index contributed by atoms with van der Waals surface area (Å²) in [6, 6.07) is 23.3. The molecule has 3 aromatic carbocycles. The zero-order chi connectivity index (χ0) is 40.3. The van der Waals surface area contributed by atoms with Crippen molar-refractivity contribution in [1.82, 2.24) is 30.1 Å². The third-order valence-corrected chi connectivity index (χ3v) is 12.2. The number of hydrogen-bond donors (Lipinski definition) is 2. The third kappa shape index (κ3) is 7.65. The third-order valence-electron chi connectivity index (χ3n) is 11.3. The Morgan fingerprint density at radius 1 is 1.07 bits per heavy atom. The minimum absolute atomic E-state index is 0.00504. The Morgan fingerprint density at radius 3 is 2.47 bits per heavy atom. The lowest BCUT2D eigenvalue weighted by Crippen LogP contribution is -2.59. The lowest BCUT2D eigenvalue weighted by Gasteiger charge is -2.39. The van der Waals surface area contributed by atoms with Crippen molar-refractivity contribution >= 4 is 50.7 Å². The molecule has 4 aromatic rings. The molecule has 3 aliphatic heterocycles. The number of halogens is 1.